The fraction of sp³-hybridized carbons (Fsp3) is 0.188. The third-order valence-electron chi connectivity index (χ3n) is 2.92. The topological polar surface area (TPSA) is 26.3 Å². The molecule has 0 aliphatic heterocycles. The average Bonchev–Trinajstić information content (AvgIpc) is 2.36. The van der Waals surface area contributed by atoms with E-state index in [2.05, 4.69) is 34.1 Å². The summed E-state index contributed by atoms with van der Waals surface area (Å²) in [7, 11) is 1.40. The van der Waals surface area contributed by atoms with Crippen molar-refractivity contribution in [1.29, 1.82) is 0 Å². The molecule has 0 radical (unpaired) electrons. The number of carbonyl (C=O) groups excluding carboxylic acids is 1. The molecule has 2 aromatic carbocycles. The van der Waals surface area contributed by atoms with Crippen LogP contribution in [0.4, 0.5) is 0 Å². The second kappa shape index (κ2) is 5.57. The number of methoxy groups -OCH3 is 1. The Hall–Kier alpha value is -1.61. The number of esters is 1. The molecule has 0 saturated heterocycles. The molecule has 0 bridgehead atoms. The van der Waals surface area contributed by atoms with Gasteiger partial charge in [-0.25, -0.2) is 4.79 Å². The minimum atomic E-state index is -0.318. The molecule has 2 aromatic rings. The minimum absolute atomic E-state index is 0.318. The van der Waals surface area contributed by atoms with Crippen molar-refractivity contribution < 1.29 is 9.53 Å². The predicted octanol–water partition coefficient (Wildman–Crippen LogP) is 4.52. The van der Waals surface area contributed by atoms with Gasteiger partial charge in [0.25, 0.3) is 0 Å². The molecular weight excluding hydrogens is 304 g/mol. The van der Waals surface area contributed by atoms with Crippen molar-refractivity contribution in [2.75, 3.05) is 7.11 Å². The highest BCUT2D eigenvalue weighted by Gasteiger charge is 2.14. The Morgan fingerprint density at radius 3 is 2.26 bits per heavy atom. The van der Waals surface area contributed by atoms with Crippen LogP contribution in [0.5, 0.6) is 0 Å². The molecule has 0 aromatic heterocycles. The van der Waals surface area contributed by atoms with Crippen LogP contribution in [0.15, 0.2) is 40.9 Å². The molecule has 0 saturated carbocycles. The first kappa shape index (κ1) is 13.8. The van der Waals surface area contributed by atoms with Crippen LogP contribution in [-0.4, -0.2) is 13.1 Å². The van der Waals surface area contributed by atoms with Crippen molar-refractivity contribution >= 4 is 21.9 Å². The van der Waals surface area contributed by atoms with Gasteiger partial charge in [-0.15, -0.1) is 0 Å². The molecule has 0 aliphatic rings. The number of carbonyl (C=O) groups is 1. The van der Waals surface area contributed by atoms with Crippen LogP contribution in [0.25, 0.3) is 11.1 Å². The summed E-state index contributed by atoms with van der Waals surface area (Å²) in [5.41, 5.74) is 4.83. The lowest BCUT2D eigenvalue weighted by molar-refractivity contribution is 0.0601. The molecule has 0 aliphatic carbocycles. The van der Waals surface area contributed by atoms with Gasteiger partial charge < -0.3 is 4.74 Å². The number of rotatable bonds is 2. The van der Waals surface area contributed by atoms with Crippen molar-refractivity contribution in [2.45, 2.75) is 13.8 Å². The summed E-state index contributed by atoms with van der Waals surface area (Å²) in [6.45, 7) is 4.10. The summed E-state index contributed by atoms with van der Waals surface area (Å²) in [5, 5.41) is 0. The summed E-state index contributed by atoms with van der Waals surface area (Å²) in [6.07, 6.45) is 0. The van der Waals surface area contributed by atoms with Gasteiger partial charge in [-0.2, -0.15) is 0 Å². The Labute approximate surface area is 121 Å². The van der Waals surface area contributed by atoms with Gasteiger partial charge in [-0.1, -0.05) is 45.3 Å². The van der Waals surface area contributed by atoms with Gasteiger partial charge >= 0.3 is 5.97 Å². The quantitative estimate of drug-likeness (QED) is 0.761. The molecule has 0 atom stereocenters. The zero-order chi connectivity index (χ0) is 14.0. The van der Waals surface area contributed by atoms with Gasteiger partial charge in [0.2, 0.25) is 0 Å². The molecule has 0 spiro atoms. The van der Waals surface area contributed by atoms with Crippen molar-refractivity contribution in [2.24, 2.45) is 0 Å². The van der Waals surface area contributed by atoms with Crippen LogP contribution in [0.3, 0.4) is 0 Å². The molecule has 0 amide bonds. The largest absolute Gasteiger partial charge is 0.465 e. The van der Waals surface area contributed by atoms with E-state index in [0.29, 0.717) is 5.56 Å². The van der Waals surface area contributed by atoms with E-state index in [1.165, 1.54) is 18.2 Å². The number of ether oxygens (including phenoxy) is 1. The van der Waals surface area contributed by atoms with Crippen molar-refractivity contribution in [1.82, 2.24) is 0 Å². The fourth-order valence-electron chi connectivity index (χ4n) is 2.17. The molecule has 0 fully saturated rings. The number of benzene rings is 2. The Morgan fingerprint density at radius 2 is 1.68 bits per heavy atom. The molecule has 0 unspecified atom stereocenters. The van der Waals surface area contributed by atoms with Gasteiger partial charge in [0, 0.05) is 4.47 Å². The molecule has 19 heavy (non-hydrogen) atoms. The SMILES string of the molecule is COC(=O)c1ccc(Br)cc1-c1cc(C)cc(C)c1. The Bertz CT molecular complexity index is 612. The zero-order valence-corrected chi connectivity index (χ0v) is 12.7. The summed E-state index contributed by atoms with van der Waals surface area (Å²) < 4.78 is 5.78. The lowest BCUT2D eigenvalue weighted by Gasteiger charge is -2.10. The third-order valence-corrected chi connectivity index (χ3v) is 3.41. The first-order chi connectivity index (χ1) is 9.01. The van der Waals surface area contributed by atoms with Crippen molar-refractivity contribution in [3.05, 3.63) is 57.6 Å². The lowest BCUT2D eigenvalue weighted by atomic mass is 9.96. The second-order valence-corrected chi connectivity index (χ2v) is 5.47. The maximum absolute atomic E-state index is 11.9. The lowest BCUT2D eigenvalue weighted by Crippen LogP contribution is -2.03. The van der Waals surface area contributed by atoms with E-state index in [4.69, 9.17) is 4.74 Å². The fourth-order valence-corrected chi connectivity index (χ4v) is 2.53. The van der Waals surface area contributed by atoms with Crippen LogP contribution in [-0.2, 0) is 4.74 Å². The first-order valence-corrected chi connectivity index (χ1v) is 6.77. The Kier molecular flexibility index (Phi) is 4.05. The monoisotopic (exact) mass is 318 g/mol. The number of hydrogen-bond acceptors (Lipinski definition) is 2. The predicted molar refractivity (Wildman–Crippen MR) is 80.4 cm³/mol. The standard InChI is InChI=1S/C16H15BrO2/c1-10-6-11(2)8-12(7-10)15-9-13(17)4-5-14(15)16(18)19-3/h4-9H,1-3H3. The van der Waals surface area contributed by atoms with Gasteiger partial charge in [-0.3, -0.25) is 0 Å². The molecule has 2 nitrogen and oxygen atoms in total. The highest BCUT2D eigenvalue weighted by Crippen LogP contribution is 2.29. The van der Waals surface area contributed by atoms with E-state index >= 15 is 0 Å². The van der Waals surface area contributed by atoms with E-state index in [9.17, 15) is 4.79 Å². The second-order valence-electron chi connectivity index (χ2n) is 4.56. The van der Waals surface area contributed by atoms with E-state index in [1.807, 2.05) is 26.0 Å². The number of hydrogen-bond donors (Lipinski definition) is 0. The minimum Gasteiger partial charge on any atom is -0.465 e. The van der Waals surface area contributed by atoms with E-state index in [0.717, 1.165) is 15.6 Å². The van der Waals surface area contributed by atoms with E-state index < -0.39 is 0 Å². The van der Waals surface area contributed by atoms with E-state index in [1.54, 1.807) is 6.07 Å². The van der Waals surface area contributed by atoms with Crippen molar-refractivity contribution in [3.63, 3.8) is 0 Å². The van der Waals surface area contributed by atoms with Crippen LogP contribution in [0.1, 0.15) is 21.5 Å². The number of aryl methyl sites for hydroxylation is 2. The van der Waals surface area contributed by atoms with Crippen LogP contribution in [0, 0.1) is 13.8 Å². The summed E-state index contributed by atoms with van der Waals surface area (Å²) in [5.74, 6) is -0.318. The Morgan fingerprint density at radius 1 is 1.05 bits per heavy atom. The molecular formula is C16H15BrO2. The maximum Gasteiger partial charge on any atom is 0.338 e. The Balaban J connectivity index is 2.65. The summed E-state index contributed by atoms with van der Waals surface area (Å²) in [4.78, 5) is 11.9. The van der Waals surface area contributed by atoms with Crippen molar-refractivity contribution in [3.8, 4) is 11.1 Å². The van der Waals surface area contributed by atoms with E-state index in [-0.39, 0.29) is 5.97 Å². The highest BCUT2D eigenvalue weighted by atomic mass is 79.9. The summed E-state index contributed by atoms with van der Waals surface area (Å²) in [6, 6.07) is 11.8. The highest BCUT2D eigenvalue weighted by molar-refractivity contribution is 9.10. The number of halogens is 1. The molecule has 3 heteroatoms. The third kappa shape index (κ3) is 3.04. The van der Waals surface area contributed by atoms with Crippen LogP contribution in [0.2, 0.25) is 0 Å². The zero-order valence-electron chi connectivity index (χ0n) is 11.2. The van der Waals surface area contributed by atoms with Crippen LogP contribution < -0.4 is 0 Å². The average molecular weight is 319 g/mol. The maximum atomic E-state index is 11.9. The normalized spacial score (nSPS) is 10.3. The molecule has 0 heterocycles. The van der Waals surface area contributed by atoms with Gasteiger partial charge in [0.15, 0.2) is 0 Å². The van der Waals surface area contributed by atoms with Gasteiger partial charge in [0.05, 0.1) is 12.7 Å². The molecule has 2 rings (SSSR count). The molecule has 0 N–H and O–H groups in total. The van der Waals surface area contributed by atoms with Gasteiger partial charge in [-0.05, 0) is 43.2 Å². The molecule has 98 valence electrons. The smallest absolute Gasteiger partial charge is 0.338 e. The first-order valence-electron chi connectivity index (χ1n) is 5.98. The van der Waals surface area contributed by atoms with Gasteiger partial charge in [0.1, 0.15) is 0 Å². The van der Waals surface area contributed by atoms with Crippen LogP contribution >= 0.6 is 15.9 Å². The summed E-state index contributed by atoms with van der Waals surface area (Å²) >= 11 is 3.45.